The van der Waals surface area contributed by atoms with Crippen LogP contribution in [-0.4, -0.2) is 24.6 Å². The van der Waals surface area contributed by atoms with Gasteiger partial charge in [0.15, 0.2) is 6.10 Å². The summed E-state index contributed by atoms with van der Waals surface area (Å²) in [5.74, 6) is -0.228. The molecular weight excluding hydrogens is 306 g/mol. The predicted molar refractivity (Wildman–Crippen MR) is 92.2 cm³/mol. The van der Waals surface area contributed by atoms with Crippen LogP contribution in [0, 0.1) is 0 Å². The number of nitrogens with one attached hydrogen (secondary N) is 1. The monoisotopic (exact) mass is 327 g/mol. The summed E-state index contributed by atoms with van der Waals surface area (Å²) in [7, 11) is 0. The molecule has 0 bridgehead atoms. The Kier molecular flexibility index (Phi) is 6.37. The van der Waals surface area contributed by atoms with Crippen LogP contribution in [0.15, 0.2) is 54.6 Å². The summed E-state index contributed by atoms with van der Waals surface area (Å²) in [4.78, 5) is 24.1. The Hall–Kier alpha value is -2.82. The number of esters is 1. The number of benzene rings is 2. The van der Waals surface area contributed by atoms with Gasteiger partial charge in [0.25, 0.3) is 5.91 Å². The molecular formula is C19H21NO4. The first-order chi connectivity index (χ1) is 11.6. The van der Waals surface area contributed by atoms with E-state index in [0.29, 0.717) is 23.6 Å². The first-order valence-corrected chi connectivity index (χ1v) is 7.90. The number of carbonyl (C=O) groups is 2. The van der Waals surface area contributed by atoms with Gasteiger partial charge in [0.1, 0.15) is 5.75 Å². The fourth-order valence-electron chi connectivity index (χ4n) is 1.95. The van der Waals surface area contributed by atoms with Crippen LogP contribution in [0.25, 0.3) is 0 Å². The quantitative estimate of drug-likeness (QED) is 0.788. The van der Waals surface area contributed by atoms with E-state index in [1.54, 1.807) is 36.4 Å². The molecule has 126 valence electrons. The van der Waals surface area contributed by atoms with Gasteiger partial charge in [0, 0.05) is 5.69 Å². The molecule has 0 aliphatic carbocycles. The second-order valence-corrected chi connectivity index (χ2v) is 5.28. The van der Waals surface area contributed by atoms with Gasteiger partial charge >= 0.3 is 5.97 Å². The minimum Gasteiger partial charge on any atom is -0.494 e. The highest BCUT2D eigenvalue weighted by atomic mass is 16.5. The smallest absolute Gasteiger partial charge is 0.338 e. The Bertz CT molecular complexity index is 668. The van der Waals surface area contributed by atoms with E-state index >= 15 is 0 Å². The highest BCUT2D eigenvalue weighted by Crippen LogP contribution is 2.14. The second kappa shape index (κ2) is 8.72. The fraction of sp³-hybridized carbons (Fsp3) is 0.263. The van der Waals surface area contributed by atoms with Gasteiger partial charge in [0.2, 0.25) is 0 Å². The van der Waals surface area contributed by atoms with Crippen molar-refractivity contribution in [1.82, 2.24) is 0 Å². The predicted octanol–water partition coefficient (Wildman–Crippen LogP) is 3.66. The molecule has 0 aromatic heterocycles. The van der Waals surface area contributed by atoms with Crippen LogP contribution < -0.4 is 10.1 Å². The lowest BCUT2D eigenvalue weighted by atomic mass is 10.2. The number of hydrogen-bond acceptors (Lipinski definition) is 4. The molecule has 0 spiro atoms. The van der Waals surface area contributed by atoms with Crippen LogP contribution in [-0.2, 0) is 9.53 Å². The molecule has 0 saturated carbocycles. The minimum atomic E-state index is -0.895. The van der Waals surface area contributed by atoms with Crippen LogP contribution >= 0.6 is 0 Å². The Morgan fingerprint density at radius 1 is 1.04 bits per heavy atom. The highest BCUT2D eigenvalue weighted by Gasteiger charge is 2.19. The Labute approximate surface area is 141 Å². The number of ether oxygens (including phenoxy) is 2. The summed E-state index contributed by atoms with van der Waals surface area (Å²) in [5, 5.41) is 2.69. The lowest BCUT2D eigenvalue weighted by molar-refractivity contribution is -0.123. The third-order valence-corrected chi connectivity index (χ3v) is 3.26. The summed E-state index contributed by atoms with van der Waals surface area (Å²) >= 11 is 0. The lowest BCUT2D eigenvalue weighted by Gasteiger charge is -2.13. The molecule has 1 N–H and O–H groups in total. The van der Waals surface area contributed by atoms with Gasteiger partial charge in [-0.15, -0.1) is 0 Å². The average Bonchev–Trinajstić information content (AvgIpc) is 2.61. The average molecular weight is 327 g/mol. The number of carbonyl (C=O) groups excluding carboxylic acids is 2. The van der Waals surface area contributed by atoms with E-state index in [4.69, 9.17) is 9.47 Å². The lowest BCUT2D eigenvalue weighted by Crippen LogP contribution is -2.29. The van der Waals surface area contributed by atoms with Crippen LogP contribution in [0.2, 0.25) is 0 Å². The number of anilines is 1. The van der Waals surface area contributed by atoms with E-state index in [1.165, 1.54) is 6.92 Å². The molecule has 24 heavy (non-hydrogen) atoms. The van der Waals surface area contributed by atoms with E-state index in [1.807, 2.05) is 25.1 Å². The maximum atomic E-state index is 12.1. The molecule has 0 saturated heterocycles. The van der Waals surface area contributed by atoms with E-state index in [-0.39, 0.29) is 5.91 Å². The molecule has 1 amide bonds. The van der Waals surface area contributed by atoms with E-state index in [2.05, 4.69) is 5.32 Å². The van der Waals surface area contributed by atoms with Crippen LogP contribution in [0.4, 0.5) is 5.69 Å². The minimum absolute atomic E-state index is 0.373. The van der Waals surface area contributed by atoms with Crippen LogP contribution in [0.1, 0.15) is 30.6 Å². The molecule has 0 aliphatic rings. The van der Waals surface area contributed by atoms with E-state index in [0.717, 1.165) is 6.42 Å². The zero-order valence-corrected chi connectivity index (χ0v) is 13.8. The maximum absolute atomic E-state index is 12.1. The summed E-state index contributed by atoms with van der Waals surface area (Å²) in [6.45, 7) is 4.18. The first kappa shape index (κ1) is 17.5. The number of para-hydroxylation sites is 1. The summed E-state index contributed by atoms with van der Waals surface area (Å²) < 4.78 is 10.7. The number of amides is 1. The summed E-state index contributed by atoms with van der Waals surface area (Å²) in [6.07, 6.45) is 0.0198. The van der Waals surface area contributed by atoms with Crippen molar-refractivity contribution in [2.75, 3.05) is 11.9 Å². The summed E-state index contributed by atoms with van der Waals surface area (Å²) in [6, 6.07) is 15.7. The van der Waals surface area contributed by atoms with Gasteiger partial charge in [-0.3, -0.25) is 4.79 Å². The van der Waals surface area contributed by atoms with Gasteiger partial charge < -0.3 is 14.8 Å². The van der Waals surface area contributed by atoms with Crippen LogP contribution in [0.3, 0.4) is 0 Å². The molecule has 5 heteroatoms. The van der Waals surface area contributed by atoms with E-state index < -0.39 is 12.1 Å². The van der Waals surface area contributed by atoms with Crippen LogP contribution in [0.5, 0.6) is 5.75 Å². The second-order valence-electron chi connectivity index (χ2n) is 5.28. The fourth-order valence-corrected chi connectivity index (χ4v) is 1.95. The number of rotatable bonds is 7. The topological polar surface area (TPSA) is 64.6 Å². The molecule has 2 aromatic carbocycles. The van der Waals surface area contributed by atoms with Crippen molar-refractivity contribution in [2.24, 2.45) is 0 Å². The third-order valence-electron chi connectivity index (χ3n) is 3.26. The maximum Gasteiger partial charge on any atom is 0.338 e. The van der Waals surface area contributed by atoms with Gasteiger partial charge in [-0.1, -0.05) is 25.1 Å². The zero-order chi connectivity index (χ0) is 17.4. The SMILES string of the molecule is CCCOc1ccc(C(=O)O[C@@H](C)C(=O)Nc2ccccc2)cc1. The standard InChI is InChI=1S/C19H21NO4/c1-3-13-23-17-11-9-15(10-12-17)19(22)24-14(2)18(21)20-16-7-5-4-6-8-16/h4-12,14H,3,13H2,1-2H3,(H,20,21)/t14-/m0/s1. The molecule has 0 unspecified atom stereocenters. The molecule has 0 aliphatic heterocycles. The molecule has 2 rings (SSSR count). The van der Waals surface area contributed by atoms with Crippen molar-refractivity contribution in [3.63, 3.8) is 0 Å². The largest absolute Gasteiger partial charge is 0.494 e. The molecule has 0 heterocycles. The summed E-state index contributed by atoms with van der Waals surface area (Å²) in [5.41, 5.74) is 1.03. The van der Waals surface area contributed by atoms with Crippen molar-refractivity contribution in [3.8, 4) is 5.75 Å². The third kappa shape index (κ3) is 5.12. The zero-order valence-electron chi connectivity index (χ0n) is 13.8. The molecule has 1 atom stereocenters. The van der Waals surface area contributed by atoms with Crippen molar-refractivity contribution >= 4 is 17.6 Å². The Morgan fingerprint density at radius 2 is 1.71 bits per heavy atom. The molecule has 0 fully saturated rings. The molecule has 0 radical (unpaired) electrons. The highest BCUT2D eigenvalue weighted by molar-refractivity contribution is 5.97. The van der Waals surface area contributed by atoms with Gasteiger partial charge in [0.05, 0.1) is 12.2 Å². The van der Waals surface area contributed by atoms with E-state index in [9.17, 15) is 9.59 Å². The van der Waals surface area contributed by atoms with Crippen molar-refractivity contribution in [2.45, 2.75) is 26.4 Å². The van der Waals surface area contributed by atoms with Crippen molar-refractivity contribution < 1.29 is 19.1 Å². The van der Waals surface area contributed by atoms with Gasteiger partial charge in [-0.2, -0.15) is 0 Å². The normalized spacial score (nSPS) is 11.4. The van der Waals surface area contributed by atoms with Gasteiger partial charge in [-0.05, 0) is 49.7 Å². The molecule has 5 nitrogen and oxygen atoms in total. The Morgan fingerprint density at radius 3 is 2.33 bits per heavy atom. The Balaban J connectivity index is 1.89. The molecule has 2 aromatic rings. The van der Waals surface area contributed by atoms with Crippen molar-refractivity contribution in [1.29, 1.82) is 0 Å². The first-order valence-electron chi connectivity index (χ1n) is 7.90. The van der Waals surface area contributed by atoms with Crippen molar-refractivity contribution in [3.05, 3.63) is 60.2 Å². The number of hydrogen-bond donors (Lipinski definition) is 1. The van der Waals surface area contributed by atoms with Gasteiger partial charge in [-0.25, -0.2) is 4.79 Å².